The molecule has 2 aromatic carbocycles. The van der Waals surface area contributed by atoms with Crippen LogP contribution < -0.4 is 5.32 Å². The monoisotopic (exact) mass is 388 g/mol. The molecule has 1 aliphatic heterocycles. The largest absolute Gasteiger partial charge is 0.348 e. The van der Waals surface area contributed by atoms with E-state index in [0.717, 1.165) is 21.9 Å². The van der Waals surface area contributed by atoms with Crippen LogP contribution in [0.15, 0.2) is 59.3 Å². The smallest absolute Gasteiger partial charge is 0.222 e. The van der Waals surface area contributed by atoms with Crippen LogP contribution in [-0.4, -0.2) is 14.8 Å². The highest BCUT2D eigenvalue weighted by Gasteiger charge is 2.29. The summed E-state index contributed by atoms with van der Waals surface area (Å²) in [6.07, 6.45) is 2.50. The van der Waals surface area contributed by atoms with Crippen molar-refractivity contribution in [2.24, 2.45) is 0 Å². The van der Waals surface area contributed by atoms with Crippen molar-refractivity contribution in [2.75, 3.05) is 5.32 Å². The van der Waals surface area contributed by atoms with Crippen molar-refractivity contribution < 1.29 is 0 Å². The molecular weight excluding hydrogens is 376 g/mol. The predicted octanol–water partition coefficient (Wildman–Crippen LogP) is 4.84. The minimum Gasteiger partial charge on any atom is -0.348 e. The summed E-state index contributed by atoms with van der Waals surface area (Å²) in [5.41, 5.74) is 2.42. The van der Waals surface area contributed by atoms with Crippen molar-refractivity contribution in [1.29, 1.82) is 0 Å². The summed E-state index contributed by atoms with van der Waals surface area (Å²) >= 11 is 9.49. The summed E-state index contributed by atoms with van der Waals surface area (Å²) in [5.74, 6) is 0.795. The Morgan fingerprint density at radius 2 is 1.74 bits per heavy atom. The maximum Gasteiger partial charge on any atom is 0.222 e. The van der Waals surface area contributed by atoms with Gasteiger partial charge in [-0.05, 0) is 41.8 Å². The van der Waals surface area contributed by atoms with Crippen molar-refractivity contribution in [3.63, 3.8) is 0 Å². The topological polar surface area (TPSA) is 42.7 Å². The molecule has 0 aliphatic carbocycles. The van der Waals surface area contributed by atoms with Crippen molar-refractivity contribution in [3.05, 3.63) is 75.5 Å². The van der Waals surface area contributed by atoms with Gasteiger partial charge in [0.25, 0.3) is 0 Å². The van der Waals surface area contributed by atoms with E-state index in [0.29, 0.717) is 0 Å². The molecule has 0 spiro atoms. The molecule has 0 amide bonds. The van der Waals surface area contributed by atoms with Gasteiger partial charge in [-0.2, -0.15) is 10.1 Å². The van der Waals surface area contributed by atoms with Gasteiger partial charge in [-0.25, -0.2) is 4.68 Å². The van der Waals surface area contributed by atoms with E-state index in [4.69, 9.17) is 11.6 Å². The fourth-order valence-electron chi connectivity index (χ4n) is 3.00. The number of halogens is 2. The zero-order valence-corrected chi connectivity index (χ0v) is 14.5. The Hall–Kier alpha value is -1.85. The number of nitrogens with one attached hydrogen (secondary N) is 1. The first kappa shape index (κ1) is 14.7. The minimum absolute atomic E-state index is 0.155. The standard InChI is InChI=1S/C17H14BrClN4/c18-13-5-1-12(2-6-13)16-9-15(11-3-7-14(19)8-4-11)22-17-20-10-21-23(16)17/h1-8,10,15-16H,9H2,(H,20,21,22)/t15-,16-/m0/s1. The third-order valence-electron chi connectivity index (χ3n) is 4.16. The van der Waals surface area contributed by atoms with E-state index < -0.39 is 0 Å². The van der Waals surface area contributed by atoms with Gasteiger partial charge in [-0.15, -0.1) is 0 Å². The lowest BCUT2D eigenvalue weighted by Gasteiger charge is -2.31. The third-order valence-corrected chi connectivity index (χ3v) is 4.94. The van der Waals surface area contributed by atoms with Crippen molar-refractivity contribution >= 4 is 33.5 Å². The molecule has 6 heteroatoms. The maximum absolute atomic E-state index is 6.00. The molecule has 4 nitrogen and oxygen atoms in total. The van der Waals surface area contributed by atoms with Gasteiger partial charge in [0.2, 0.25) is 5.95 Å². The van der Waals surface area contributed by atoms with Crippen molar-refractivity contribution in [2.45, 2.75) is 18.5 Å². The molecule has 2 heterocycles. The van der Waals surface area contributed by atoms with Crippen molar-refractivity contribution in [3.8, 4) is 0 Å². The number of hydrogen-bond acceptors (Lipinski definition) is 3. The van der Waals surface area contributed by atoms with Gasteiger partial charge < -0.3 is 5.32 Å². The number of aromatic nitrogens is 3. The van der Waals surface area contributed by atoms with Crippen molar-refractivity contribution in [1.82, 2.24) is 14.8 Å². The molecule has 116 valence electrons. The van der Waals surface area contributed by atoms with Gasteiger partial charge >= 0.3 is 0 Å². The summed E-state index contributed by atoms with van der Waals surface area (Å²) in [6, 6.07) is 16.7. The van der Waals surface area contributed by atoms with Gasteiger partial charge in [0.05, 0.1) is 12.1 Å². The number of rotatable bonds is 2. The zero-order valence-electron chi connectivity index (χ0n) is 12.2. The van der Waals surface area contributed by atoms with Gasteiger partial charge in [0, 0.05) is 9.50 Å². The average Bonchev–Trinajstić information content (AvgIpc) is 3.04. The molecular formula is C17H14BrClN4. The fraction of sp³-hybridized carbons (Fsp3) is 0.176. The van der Waals surface area contributed by atoms with Crippen LogP contribution in [0.2, 0.25) is 5.02 Å². The van der Waals surface area contributed by atoms with Gasteiger partial charge in [-0.1, -0.05) is 51.8 Å². The van der Waals surface area contributed by atoms with Crippen LogP contribution in [-0.2, 0) is 0 Å². The lowest BCUT2D eigenvalue weighted by molar-refractivity contribution is 0.431. The van der Waals surface area contributed by atoms with Gasteiger partial charge in [0.15, 0.2) is 0 Å². The number of anilines is 1. The first-order chi connectivity index (χ1) is 11.2. The van der Waals surface area contributed by atoms with Gasteiger partial charge in [-0.3, -0.25) is 0 Å². The number of hydrogen-bond donors (Lipinski definition) is 1. The number of fused-ring (bicyclic) bond motifs is 1. The van der Waals surface area contributed by atoms with E-state index in [9.17, 15) is 0 Å². The molecule has 0 radical (unpaired) electrons. The molecule has 4 rings (SSSR count). The maximum atomic E-state index is 6.00. The molecule has 0 fully saturated rings. The molecule has 0 bridgehead atoms. The summed E-state index contributed by atoms with van der Waals surface area (Å²) in [7, 11) is 0. The molecule has 3 aromatic rings. The van der Waals surface area contributed by atoms with Crippen LogP contribution in [0.3, 0.4) is 0 Å². The molecule has 0 saturated heterocycles. The molecule has 1 aromatic heterocycles. The second-order valence-corrected chi connectivity index (χ2v) is 6.93. The summed E-state index contributed by atoms with van der Waals surface area (Å²) in [6.45, 7) is 0. The van der Waals surface area contributed by atoms with E-state index >= 15 is 0 Å². The Bertz CT molecular complexity index is 813. The Balaban J connectivity index is 1.71. The highest BCUT2D eigenvalue weighted by molar-refractivity contribution is 9.10. The van der Waals surface area contributed by atoms with Crippen LogP contribution in [0.5, 0.6) is 0 Å². The third kappa shape index (κ3) is 2.86. The normalized spacial score (nSPS) is 19.9. The second-order valence-electron chi connectivity index (χ2n) is 5.58. The van der Waals surface area contributed by atoms with E-state index in [-0.39, 0.29) is 12.1 Å². The lowest BCUT2D eigenvalue weighted by Crippen LogP contribution is -2.28. The average molecular weight is 390 g/mol. The van der Waals surface area contributed by atoms with Crippen LogP contribution in [0, 0.1) is 0 Å². The molecule has 1 N–H and O–H groups in total. The zero-order chi connectivity index (χ0) is 15.8. The lowest BCUT2D eigenvalue weighted by atomic mass is 9.93. The number of benzene rings is 2. The van der Waals surface area contributed by atoms with Gasteiger partial charge in [0.1, 0.15) is 6.33 Å². The highest BCUT2D eigenvalue weighted by atomic mass is 79.9. The minimum atomic E-state index is 0.155. The highest BCUT2D eigenvalue weighted by Crippen LogP contribution is 2.37. The molecule has 0 saturated carbocycles. The molecule has 0 unspecified atom stereocenters. The Morgan fingerprint density at radius 3 is 2.48 bits per heavy atom. The van der Waals surface area contributed by atoms with Crippen LogP contribution >= 0.6 is 27.5 Å². The fourth-order valence-corrected chi connectivity index (χ4v) is 3.39. The SMILES string of the molecule is Clc1ccc([C@@H]2C[C@@H](c3ccc(Br)cc3)n3ncnc3N2)cc1. The van der Waals surface area contributed by atoms with E-state index in [1.54, 1.807) is 6.33 Å². The molecule has 1 aliphatic rings. The van der Waals surface area contributed by atoms with E-state index in [1.807, 2.05) is 16.8 Å². The summed E-state index contributed by atoms with van der Waals surface area (Å²) < 4.78 is 3.03. The first-order valence-electron chi connectivity index (χ1n) is 7.38. The summed E-state index contributed by atoms with van der Waals surface area (Å²) in [4.78, 5) is 4.35. The van der Waals surface area contributed by atoms with Crippen LogP contribution in [0.1, 0.15) is 29.6 Å². The molecule has 23 heavy (non-hydrogen) atoms. The Labute approximate surface area is 147 Å². The van der Waals surface area contributed by atoms with E-state index in [2.05, 4.69) is 67.7 Å². The Kier molecular flexibility index (Phi) is 3.83. The summed E-state index contributed by atoms with van der Waals surface area (Å²) in [5, 5.41) is 8.60. The van der Waals surface area contributed by atoms with E-state index in [1.165, 1.54) is 11.1 Å². The Morgan fingerprint density at radius 1 is 1.04 bits per heavy atom. The number of nitrogens with zero attached hydrogens (tertiary/aromatic N) is 3. The molecule has 2 atom stereocenters. The first-order valence-corrected chi connectivity index (χ1v) is 8.55. The second kappa shape index (κ2) is 5.98. The van der Waals surface area contributed by atoms with Crippen LogP contribution in [0.25, 0.3) is 0 Å². The predicted molar refractivity (Wildman–Crippen MR) is 94.7 cm³/mol. The van der Waals surface area contributed by atoms with Crippen LogP contribution in [0.4, 0.5) is 5.95 Å². The quantitative estimate of drug-likeness (QED) is 0.682.